The maximum absolute atomic E-state index is 12.0. The molecule has 0 aliphatic heterocycles. The van der Waals surface area contributed by atoms with Crippen molar-refractivity contribution >= 4 is 23.6 Å². The highest BCUT2D eigenvalue weighted by atomic mass is 16.6. The first-order valence-corrected chi connectivity index (χ1v) is 8.78. The second-order valence-electron chi connectivity index (χ2n) is 7.33. The lowest BCUT2D eigenvalue weighted by Crippen LogP contribution is -2.42. The standard InChI is InChI=1S/C20H25N3O5/c1-12-10-16(13(2)27-12)18(25)23-22-17(24)11-14-6-8-15(9-7-14)21-19(26)28-20(3,4)5/h6-10H,11H2,1-5H3,(H,21,26)(H,22,24)(H,23,25). The number of hydrogen-bond donors (Lipinski definition) is 3. The SMILES string of the molecule is Cc1cc(C(=O)NNC(=O)Cc2ccc(NC(=O)OC(C)(C)C)cc2)c(C)o1. The van der Waals surface area contributed by atoms with Crippen molar-refractivity contribution in [1.82, 2.24) is 10.9 Å². The van der Waals surface area contributed by atoms with Gasteiger partial charge in [0.2, 0.25) is 5.91 Å². The molecule has 2 aromatic rings. The van der Waals surface area contributed by atoms with Gasteiger partial charge in [-0.05, 0) is 58.4 Å². The van der Waals surface area contributed by atoms with E-state index in [2.05, 4.69) is 16.2 Å². The van der Waals surface area contributed by atoms with Crippen LogP contribution in [0.5, 0.6) is 0 Å². The number of nitrogens with one attached hydrogen (secondary N) is 3. The molecular weight excluding hydrogens is 362 g/mol. The number of furan rings is 1. The molecule has 0 fully saturated rings. The number of benzene rings is 1. The summed E-state index contributed by atoms with van der Waals surface area (Å²) in [5, 5.41) is 2.62. The van der Waals surface area contributed by atoms with E-state index in [1.807, 2.05) is 0 Å². The van der Waals surface area contributed by atoms with Gasteiger partial charge in [-0.15, -0.1) is 0 Å². The Morgan fingerprint density at radius 2 is 1.68 bits per heavy atom. The number of rotatable bonds is 4. The topological polar surface area (TPSA) is 110 Å². The third kappa shape index (κ3) is 6.46. The molecule has 0 saturated heterocycles. The number of carbonyl (C=O) groups excluding carboxylic acids is 3. The zero-order valence-electron chi connectivity index (χ0n) is 16.6. The molecule has 1 aromatic carbocycles. The molecule has 0 bridgehead atoms. The van der Waals surface area contributed by atoms with Crippen molar-refractivity contribution in [2.75, 3.05) is 5.32 Å². The molecule has 3 amide bonds. The van der Waals surface area contributed by atoms with Crippen molar-refractivity contribution in [1.29, 1.82) is 0 Å². The minimum Gasteiger partial charge on any atom is -0.466 e. The number of ether oxygens (including phenoxy) is 1. The first-order valence-electron chi connectivity index (χ1n) is 8.78. The predicted molar refractivity (Wildman–Crippen MR) is 104 cm³/mol. The van der Waals surface area contributed by atoms with Crippen LogP contribution in [0.15, 0.2) is 34.7 Å². The molecular formula is C20H25N3O5. The Morgan fingerprint density at radius 3 is 2.21 bits per heavy atom. The highest BCUT2D eigenvalue weighted by molar-refractivity contribution is 5.96. The van der Waals surface area contributed by atoms with Crippen LogP contribution in [-0.4, -0.2) is 23.5 Å². The second kappa shape index (κ2) is 8.60. The summed E-state index contributed by atoms with van der Waals surface area (Å²) >= 11 is 0. The number of carbonyl (C=O) groups is 3. The van der Waals surface area contributed by atoms with Crippen LogP contribution in [0, 0.1) is 13.8 Å². The van der Waals surface area contributed by atoms with E-state index in [9.17, 15) is 14.4 Å². The zero-order valence-corrected chi connectivity index (χ0v) is 16.6. The van der Waals surface area contributed by atoms with E-state index in [1.54, 1.807) is 65.0 Å². The van der Waals surface area contributed by atoms with Crippen LogP contribution in [0.25, 0.3) is 0 Å². The van der Waals surface area contributed by atoms with E-state index in [-0.39, 0.29) is 12.3 Å². The summed E-state index contributed by atoms with van der Waals surface area (Å²) < 4.78 is 10.5. The van der Waals surface area contributed by atoms with Crippen molar-refractivity contribution in [2.24, 2.45) is 0 Å². The normalized spacial score (nSPS) is 10.9. The zero-order chi connectivity index (χ0) is 20.9. The summed E-state index contributed by atoms with van der Waals surface area (Å²) in [6, 6.07) is 8.36. The lowest BCUT2D eigenvalue weighted by Gasteiger charge is -2.19. The van der Waals surface area contributed by atoms with Crippen LogP contribution in [0.4, 0.5) is 10.5 Å². The van der Waals surface area contributed by atoms with E-state index in [4.69, 9.17) is 9.15 Å². The highest BCUT2D eigenvalue weighted by Gasteiger charge is 2.16. The Hall–Kier alpha value is -3.29. The monoisotopic (exact) mass is 387 g/mol. The molecule has 0 unspecified atom stereocenters. The molecule has 0 spiro atoms. The maximum atomic E-state index is 12.0. The number of aryl methyl sites for hydroxylation is 2. The maximum Gasteiger partial charge on any atom is 0.412 e. The first kappa shape index (κ1) is 21.0. The van der Waals surface area contributed by atoms with Crippen molar-refractivity contribution in [3.63, 3.8) is 0 Å². The fourth-order valence-corrected chi connectivity index (χ4v) is 2.41. The smallest absolute Gasteiger partial charge is 0.412 e. The van der Waals surface area contributed by atoms with Crippen LogP contribution in [0.3, 0.4) is 0 Å². The van der Waals surface area contributed by atoms with Crippen LogP contribution in [0.2, 0.25) is 0 Å². The van der Waals surface area contributed by atoms with E-state index in [0.29, 0.717) is 22.8 Å². The van der Waals surface area contributed by atoms with Crippen molar-refractivity contribution in [3.05, 3.63) is 53.0 Å². The molecule has 0 atom stereocenters. The highest BCUT2D eigenvalue weighted by Crippen LogP contribution is 2.14. The largest absolute Gasteiger partial charge is 0.466 e. The molecule has 0 saturated carbocycles. The molecule has 150 valence electrons. The molecule has 2 rings (SSSR count). The van der Waals surface area contributed by atoms with Gasteiger partial charge in [-0.25, -0.2) is 4.79 Å². The number of hydrogen-bond acceptors (Lipinski definition) is 5. The van der Waals surface area contributed by atoms with Crippen LogP contribution >= 0.6 is 0 Å². The van der Waals surface area contributed by atoms with Crippen molar-refractivity contribution < 1.29 is 23.5 Å². The molecule has 8 heteroatoms. The molecule has 3 N–H and O–H groups in total. The molecule has 0 radical (unpaired) electrons. The van der Waals surface area contributed by atoms with E-state index < -0.39 is 17.6 Å². The number of hydrazine groups is 1. The lowest BCUT2D eigenvalue weighted by atomic mass is 10.1. The van der Waals surface area contributed by atoms with Gasteiger partial charge in [0.05, 0.1) is 12.0 Å². The molecule has 8 nitrogen and oxygen atoms in total. The summed E-state index contributed by atoms with van der Waals surface area (Å²) in [5.74, 6) is 0.282. The Labute approximate surface area is 163 Å². The molecule has 1 aromatic heterocycles. The van der Waals surface area contributed by atoms with E-state index >= 15 is 0 Å². The van der Waals surface area contributed by atoms with Gasteiger partial charge >= 0.3 is 6.09 Å². The second-order valence-corrected chi connectivity index (χ2v) is 7.33. The Kier molecular flexibility index (Phi) is 6.45. The van der Waals surface area contributed by atoms with Gasteiger partial charge in [0.25, 0.3) is 5.91 Å². The number of amides is 3. The van der Waals surface area contributed by atoms with Gasteiger partial charge in [-0.3, -0.25) is 25.8 Å². The van der Waals surface area contributed by atoms with Gasteiger partial charge in [0.1, 0.15) is 17.1 Å². The summed E-state index contributed by atoms with van der Waals surface area (Å²) in [7, 11) is 0. The molecule has 28 heavy (non-hydrogen) atoms. The summed E-state index contributed by atoms with van der Waals surface area (Å²) in [6.45, 7) is 8.76. The summed E-state index contributed by atoms with van der Waals surface area (Å²) in [5.41, 5.74) is 5.79. The minimum atomic E-state index is -0.583. The predicted octanol–water partition coefficient (Wildman–Crippen LogP) is 3.25. The quantitative estimate of drug-likeness (QED) is 0.698. The van der Waals surface area contributed by atoms with Gasteiger partial charge in [-0.1, -0.05) is 12.1 Å². The van der Waals surface area contributed by atoms with Crippen molar-refractivity contribution in [2.45, 2.75) is 46.6 Å². The van der Waals surface area contributed by atoms with Gasteiger partial charge in [0, 0.05) is 5.69 Å². The number of anilines is 1. The van der Waals surface area contributed by atoms with E-state index in [1.165, 1.54) is 0 Å². The minimum absolute atomic E-state index is 0.0659. The van der Waals surface area contributed by atoms with Crippen LogP contribution < -0.4 is 16.2 Å². The fourth-order valence-electron chi connectivity index (χ4n) is 2.41. The Balaban J connectivity index is 1.83. The fraction of sp³-hybridized carbons (Fsp3) is 0.350. The lowest BCUT2D eigenvalue weighted by molar-refractivity contribution is -0.121. The molecule has 1 heterocycles. The third-order valence-corrected chi connectivity index (χ3v) is 3.56. The van der Waals surface area contributed by atoms with Gasteiger partial charge in [-0.2, -0.15) is 0 Å². The van der Waals surface area contributed by atoms with Crippen LogP contribution in [-0.2, 0) is 16.0 Å². The Morgan fingerprint density at radius 1 is 1.04 bits per heavy atom. The summed E-state index contributed by atoms with van der Waals surface area (Å²) in [6.07, 6.45) is -0.485. The summed E-state index contributed by atoms with van der Waals surface area (Å²) in [4.78, 5) is 35.8. The first-order chi connectivity index (χ1) is 13.0. The van der Waals surface area contributed by atoms with Gasteiger partial charge in [0.15, 0.2) is 0 Å². The average Bonchev–Trinajstić information content (AvgIpc) is 2.91. The molecule has 0 aliphatic rings. The average molecular weight is 387 g/mol. The third-order valence-electron chi connectivity index (χ3n) is 3.56. The Bertz CT molecular complexity index is 863. The van der Waals surface area contributed by atoms with Gasteiger partial charge < -0.3 is 9.15 Å². The molecule has 0 aliphatic carbocycles. The van der Waals surface area contributed by atoms with E-state index in [0.717, 1.165) is 5.56 Å². The van der Waals surface area contributed by atoms with Crippen LogP contribution in [0.1, 0.15) is 48.2 Å². The van der Waals surface area contributed by atoms with Crippen molar-refractivity contribution in [3.8, 4) is 0 Å².